The highest BCUT2D eigenvalue weighted by molar-refractivity contribution is 7.91. The molecule has 0 aliphatic carbocycles. The number of ether oxygens (including phenoxy) is 1. The van der Waals surface area contributed by atoms with E-state index in [4.69, 9.17) is 16.3 Å². The van der Waals surface area contributed by atoms with Crippen LogP contribution in [-0.4, -0.2) is 47.4 Å². The molecule has 2 amide bonds. The fourth-order valence-electron chi connectivity index (χ4n) is 5.23. The summed E-state index contributed by atoms with van der Waals surface area (Å²) in [6.07, 6.45) is -4.57. The Morgan fingerprint density at radius 3 is 2.20 bits per heavy atom. The summed E-state index contributed by atoms with van der Waals surface area (Å²) in [5.74, 6) is -0.751. The number of carbonyl (C=O) groups excluding carboxylic acids is 2. The zero-order valence-corrected chi connectivity index (χ0v) is 25.6. The normalized spacial score (nSPS) is 13.4. The molecule has 6 rings (SSSR count). The Labute approximate surface area is 266 Å². The van der Waals surface area contributed by atoms with Gasteiger partial charge in [-0.3, -0.25) is 14.5 Å². The van der Waals surface area contributed by atoms with Crippen LogP contribution in [0.2, 0.25) is 5.02 Å². The third kappa shape index (κ3) is 5.93. The van der Waals surface area contributed by atoms with Gasteiger partial charge in [-0.15, -0.1) is 0 Å². The van der Waals surface area contributed by atoms with E-state index in [1.165, 1.54) is 43.3 Å². The van der Waals surface area contributed by atoms with E-state index in [0.717, 1.165) is 11.0 Å². The summed E-state index contributed by atoms with van der Waals surface area (Å²) in [4.78, 5) is 34.8. The molecule has 1 aromatic heterocycles. The lowest BCUT2D eigenvalue weighted by atomic mass is 10.1. The minimum absolute atomic E-state index is 0.0155. The first-order chi connectivity index (χ1) is 21.8. The molecule has 1 aliphatic rings. The zero-order chi connectivity index (χ0) is 32.8. The topological polar surface area (TPSA) is 107 Å². The summed E-state index contributed by atoms with van der Waals surface area (Å²) in [5.41, 5.74) is 0.302. The molecular weight excluding hydrogens is 643 g/mol. The van der Waals surface area contributed by atoms with Crippen molar-refractivity contribution in [2.45, 2.75) is 24.4 Å². The number of imide groups is 1. The molecule has 2 heterocycles. The maximum Gasteiger partial charge on any atom is 0.418 e. The number of nitrogens with zero attached hydrogens (tertiary/aromatic N) is 3. The average Bonchev–Trinajstić information content (AvgIpc) is 3.26. The molecule has 0 radical (unpaired) electrons. The standard InChI is InChI=1S/C33H23ClF3N3O5S/c1-19-29(39-28-12-5-11-26(30(28)38-19)33(35,36)37)25-18-21(13-14-27(25)34)45-20-7-4-8-22(17-20)46(43,44)16-6-15-40-31(41)23-9-2-3-10-24(23)32(40)42/h2-5,7-14,17-18H,6,15-16H2,1H3. The van der Waals surface area contributed by atoms with Gasteiger partial charge < -0.3 is 4.74 Å². The second kappa shape index (κ2) is 11.8. The Balaban J connectivity index is 1.19. The molecule has 0 fully saturated rings. The molecule has 4 aromatic carbocycles. The molecule has 0 atom stereocenters. The molecule has 1 aliphatic heterocycles. The Morgan fingerprint density at radius 2 is 1.50 bits per heavy atom. The van der Waals surface area contributed by atoms with Crippen LogP contribution in [0.1, 0.15) is 38.4 Å². The molecule has 0 N–H and O–H groups in total. The number of alkyl halides is 3. The van der Waals surface area contributed by atoms with Gasteiger partial charge >= 0.3 is 6.18 Å². The monoisotopic (exact) mass is 665 g/mol. The molecule has 0 saturated heterocycles. The summed E-state index contributed by atoms with van der Waals surface area (Å²) in [5, 5.41) is 0.255. The first kappa shape index (κ1) is 31.2. The minimum Gasteiger partial charge on any atom is -0.457 e. The average molecular weight is 666 g/mol. The van der Waals surface area contributed by atoms with Crippen LogP contribution in [0.15, 0.2) is 89.8 Å². The van der Waals surface area contributed by atoms with E-state index >= 15 is 0 Å². The molecule has 13 heteroatoms. The van der Waals surface area contributed by atoms with Crippen molar-refractivity contribution in [3.8, 4) is 22.8 Å². The van der Waals surface area contributed by atoms with Crippen LogP contribution in [0.4, 0.5) is 13.2 Å². The number of amides is 2. The largest absolute Gasteiger partial charge is 0.457 e. The molecular formula is C33H23ClF3N3O5S. The maximum absolute atomic E-state index is 13.5. The van der Waals surface area contributed by atoms with Crippen molar-refractivity contribution < 1.29 is 35.9 Å². The van der Waals surface area contributed by atoms with Crippen molar-refractivity contribution in [3.63, 3.8) is 0 Å². The van der Waals surface area contributed by atoms with Crippen LogP contribution in [0, 0.1) is 6.92 Å². The molecule has 234 valence electrons. The number of aryl methyl sites for hydroxylation is 1. The second-order valence-corrected chi connectivity index (χ2v) is 13.0. The number of carbonyl (C=O) groups is 2. The van der Waals surface area contributed by atoms with Gasteiger partial charge in [0.25, 0.3) is 11.8 Å². The lowest BCUT2D eigenvalue weighted by Crippen LogP contribution is -2.31. The predicted octanol–water partition coefficient (Wildman–Crippen LogP) is 7.53. The second-order valence-electron chi connectivity index (χ2n) is 10.5. The maximum atomic E-state index is 13.5. The summed E-state index contributed by atoms with van der Waals surface area (Å²) < 4.78 is 72.9. The number of hydrogen-bond acceptors (Lipinski definition) is 7. The lowest BCUT2D eigenvalue weighted by Gasteiger charge is -2.14. The summed E-state index contributed by atoms with van der Waals surface area (Å²) in [6, 6.07) is 20.5. The molecule has 0 unspecified atom stereocenters. The van der Waals surface area contributed by atoms with Crippen LogP contribution in [0.25, 0.3) is 22.3 Å². The Kier molecular flexibility index (Phi) is 8.03. The van der Waals surface area contributed by atoms with E-state index in [1.54, 1.807) is 42.5 Å². The van der Waals surface area contributed by atoms with Crippen LogP contribution in [-0.2, 0) is 16.0 Å². The van der Waals surface area contributed by atoms with Crippen LogP contribution in [0.5, 0.6) is 11.5 Å². The van der Waals surface area contributed by atoms with E-state index in [1.807, 2.05) is 0 Å². The molecule has 0 spiro atoms. The highest BCUT2D eigenvalue weighted by Gasteiger charge is 2.35. The summed E-state index contributed by atoms with van der Waals surface area (Å²) in [6.45, 7) is 1.48. The van der Waals surface area contributed by atoms with Crippen LogP contribution >= 0.6 is 11.6 Å². The zero-order valence-electron chi connectivity index (χ0n) is 24.0. The van der Waals surface area contributed by atoms with Crippen LogP contribution in [0.3, 0.4) is 0 Å². The number of rotatable bonds is 8. The quantitative estimate of drug-likeness (QED) is 0.158. The van der Waals surface area contributed by atoms with Gasteiger partial charge in [-0.25, -0.2) is 18.4 Å². The number of fused-ring (bicyclic) bond motifs is 2. The number of para-hydroxylation sites is 1. The third-order valence-electron chi connectivity index (χ3n) is 7.44. The predicted molar refractivity (Wildman–Crippen MR) is 165 cm³/mol. The summed E-state index contributed by atoms with van der Waals surface area (Å²) >= 11 is 6.46. The van der Waals surface area contributed by atoms with E-state index in [-0.39, 0.29) is 62.6 Å². The van der Waals surface area contributed by atoms with Crippen molar-refractivity contribution >= 4 is 44.3 Å². The number of benzene rings is 4. The van der Waals surface area contributed by atoms with Gasteiger partial charge in [0.2, 0.25) is 0 Å². The van der Waals surface area contributed by atoms with Crippen molar-refractivity contribution in [2.24, 2.45) is 0 Å². The van der Waals surface area contributed by atoms with Gasteiger partial charge in [0.1, 0.15) is 17.0 Å². The van der Waals surface area contributed by atoms with Crippen molar-refractivity contribution in [1.82, 2.24) is 14.9 Å². The van der Waals surface area contributed by atoms with Crippen LogP contribution < -0.4 is 4.74 Å². The first-order valence-electron chi connectivity index (χ1n) is 13.9. The van der Waals surface area contributed by atoms with E-state index in [9.17, 15) is 31.2 Å². The van der Waals surface area contributed by atoms with Crippen molar-refractivity contribution in [3.05, 3.63) is 112 Å². The van der Waals surface area contributed by atoms with Crippen molar-refractivity contribution in [1.29, 1.82) is 0 Å². The SMILES string of the molecule is Cc1nc2c(C(F)(F)F)cccc2nc1-c1cc(Oc2cccc(S(=O)(=O)CCCN3C(=O)c4ccccc4C3=O)c2)ccc1Cl. The minimum atomic E-state index is -4.60. The number of hydrogen-bond donors (Lipinski definition) is 0. The lowest BCUT2D eigenvalue weighted by molar-refractivity contribution is -0.136. The van der Waals surface area contributed by atoms with Gasteiger partial charge in [0.15, 0.2) is 9.84 Å². The highest BCUT2D eigenvalue weighted by atomic mass is 35.5. The van der Waals surface area contributed by atoms with Gasteiger partial charge in [0.05, 0.1) is 49.3 Å². The van der Waals surface area contributed by atoms with Gasteiger partial charge in [-0.1, -0.05) is 35.9 Å². The number of aromatic nitrogens is 2. The van der Waals surface area contributed by atoms with E-state index in [2.05, 4.69) is 9.97 Å². The number of halogens is 4. The number of sulfone groups is 1. The molecule has 5 aromatic rings. The molecule has 0 saturated carbocycles. The van der Waals surface area contributed by atoms with Crippen molar-refractivity contribution in [2.75, 3.05) is 12.3 Å². The van der Waals surface area contributed by atoms with Gasteiger partial charge in [-0.05, 0) is 74.0 Å². The fraction of sp³-hybridized carbons (Fsp3) is 0.152. The Morgan fingerprint density at radius 1 is 0.826 bits per heavy atom. The first-order valence-corrected chi connectivity index (χ1v) is 16.0. The Hall–Kier alpha value is -4.81. The molecule has 0 bridgehead atoms. The van der Waals surface area contributed by atoms with E-state index < -0.39 is 33.4 Å². The fourth-order valence-corrected chi connectivity index (χ4v) is 6.77. The molecule has 8 nitrogen and oxygen atoms in total. The smallest absolute Gasteiger partial charge is 0.418 e. The highest BCUT2D eigenvalue weighted by Crippen LogP contribution is 2.37. The summed E-state index contributed by atoms with van der Waals surface area (Å²) in [7, 11) is -3.82. The van der Waals surface area contributed by atoms with Gasteiger partial charge in [0, 0.05) is 12.1 Å². The Bertz CT molecular complexity index is 2120. The van der Waals surface area contributed by atoms with Gasteiger partial charge in [-0.2, -0.15) is 13.2 Å². The molecule has 46 heavy (non-hydrogen) atoms. The third-order valence-corrected chi connectivity index (χ3v) is 9.57. The van der Waals surface area contributed by atoms with E-state index in [0.29, 0.717) is 16.7 Å².